The van der Waals surface area contributed by atoms with E-state index in [1.54, 1.807) is 14.2 Å². The zero-order chi connectivity index (χ0) is 14.0. The topological polar surface area (TPSA) is 36.9 Å². The number of methoxy groups -OCH3 is 2. The van der Waals surface area contributed by atoms with E-state index in [9.17, 15) is 0 Å². The number of rotatable bonds is 3. The lowest BCUT2D eigenvalue weighted by atomic mass is 9.87. The fraction of sp³-hybridized carbons (Fsp3) is 0.600. The minimum absolute atomic E-state index is 0.0348. The highest BCUT2D eigenvalue weighted by atomic mass is 16.7. The van der Waals surface area contributed by atoms with E-state index < -0.39 is 0 Å². The molecule has 1 aliphatic heterocycles. The molecule has 0 unspecified atom stereocenters. The van der Waals surface area contributed by atoms with Crippen molar-refractivity contribution in [1.82, 2.24) is 0 Å². The van der Waals surface area contributed by atoms with Gasteiger partial charge in [-0.3, -0.25) is 0 Å². The molecule has 4 nitrogen and oxygen atoms in total. The Balaban J connectivity index is 2.19. The molecule has 0 saturated carbocycles. The molecule has 1 aliphatic rings. The molecule has 2 atom stereocenters. The Bertz CT molecular complexity index is 442. The first-order valence-corrected chi connectivity index (χ1v) is 6.47. The standard InChI is InChI=1S/C15H22O4/c1-10-15(2,3)9-18-14(19-10)11-6-7-12(16-4)13(8-11)17-5/h6-8,10,14H,9H2,1-5H3/t10-,14+/m1/s1. The summed E-state index contributed by atoms with van der Waals surface area (Å²) >= 11 is 0. The monoisotopic (exact) mass is 266 g/mol. The van der Waals surface area contributed by atoms with Crippen LogP contribution in [-0.2, 0) is 9.47 Å². The number of benzene rings is 1. The molecule has 19 heavy (non-hydrogen) atoms. The Hall–Kier alpha value is -1.26. The number of ether oxygens (including phenoxy) is 4. The predicted molar refractivity (Wildman–Crippen MR) is 72.6 cm³/mol. The number of hydrogen-bond donors (Lipinski definition) is 0. The second-order valence-electron chi connectivity index (χ2n) is 5.52. The Morgan fingerprint density at radius 1 is 1.16 bits per heavy atom. The summed E-state index contributed by atoms with van der Waals surface area (Å²) in [4.78, 5) is 0. The first-order valence-electron chi connectivity index (χ1n) is 6.47. The van der Waals surface area contributed by atoms with Gasteiger partial charge in [0.1, 0.15) is 0 Å². The van der Waals surface area contributed by atoms with E-state index in [4.69, 9.17) is 18.9 Å². The van der Waals surface area contributed by atoms with Gasteiger partial charge in [0.15, 0.2) is 17.8 Å². The van der Waals surface area contributed by atoms with Gasteiger partial charge in [-0.25, -0.2) is 0 Å². The van der Waals surface area contributed by atoms with Gasteiger partial charge in [-0.15, -0.1) is 0 Å². The second kappa shape index (κ2) is 5.39. The van der Waals surface area contributed by atoms with Crippen LogP contribution >= 0.6 is 0 Å². The highest BCUT2D eigenvalue weighted by molar-refractivity contribution is 5.43. The third-order valence-electron chi connectivity index (χ3n) is 3.71. The van der Waals surface area contributed by atoms with Gasteiger partial charge in [0.05, 0.1) is 26.9 Å². The molecule has 0 aromatic heterocycles. The molecule has 0 bridgehead atoms. The molecule has 1 saturated heterocycles. The summed E-state index contributed by atoms with van der Waals surface area (Å²) < 4.78 is 22.3. The predicted octanol–water partition coefficient (Wildman–Crippen LogP) is 3.16. The minimum atomic E-state index is -0.345. The van der Waals surface area contributed by atoms with Crippen molar-refractivity contribution >= 4 is 0 Å². The van der Waals surface area contributed by atoms with Crippen LogP contribution in [0.1, 0.15) is 32.6 Å². The zero-order valence-corrected chi connectivity index (χ0v) is 12.2. The maximum absolute atomic E-state index is 5.94. The number of hydrogen-bond acceptors (Lipinski definition) is 4. The first-order chi connectivity index (χ1) is 8.97. The zero-order valence-electron chi connectivity index (χ0n) is 12.2. The highest BCUT2D eigenvalue weighted by Crippen LogP contribution is 2.38. The molecule has 0 spiro atoms. The molecule has 1 aromatic carbocycles. The van der Waals surface area contributed by atoms with Crippen LogP contribution in [0.5, 0.6) is 11.5 Å². The molecule has 106 valence electrons. The second-order valence-corrected chi connectivity index (χ2v) is 5.52. The summed E-state index contributed by atoms with van der Waals surface area (Å²) in [6.07, 6.45) is -0.206. The Kier molecular flexibility index (Phi) is 4.02. The van der Waals surface area contributed by atoms with Gasteiger partial charge in [-0.1, -0.05) is 19.9 Å². The molecule has 2 rings (SSSR count). The van der Waals surface area contributed by atoms with Gasteiger partial charge in [0, 0.05) is 11.0 Å². The minimum Gasteiger partial charge on any atom is -0.493 e. The van der Waals surface area contributed by atoms with E-state index in [-0.39, 0.29) is 17.8 Å². The summed E-state index contributed by atoms with van der Waals surface area (Å²) in [7, 11) is 3.24. The van der Waals surface area contributed by atoms with Crippen LogP contribution in [-0.4, -0.2) is 26.9 Å². The molecule has 1 heterocycles. The van der Waals surface area contributed by atoms with Crippen LogP contribution in [0.25, 0.3) is 0 Å². The van der Waals surface area contributed by atoms with Crippen molar-refractivity contribution in [3.63, 3.8) is 0 Å². The van der Waals surface area contributed by atoms with Crippen LogP contribution in [0.15, 0.2) is 18.2 Å². The Morgan fingerprint density at radius 3 is 2.42 bits per heavy atom. The van der Waals surface area contributed by atoms with Gasteiger partial charge in [-0.2, -0.15) is 0 Å². The van der Waals surface area contributed by atoms with Crippen molar-refractivity contribution in [1.29, 1.82) is 0 Å². The van der Waals surface area contributed by atoms with E-state index in [2.05, 4.69) is 20.8 Å². The summed E-state index contributed by atoms with van der Waals surface area (Å²) in [5, 5.41) is 0. The first kappa shape index (κ1) is 14.2. The summed E-state index contributed by atoms with van der Waals surface area (Å²) in [5.74, 6) is 1.39. The normalized spacial score (nSPS) is 25.9. The molecular formula is C15H22O4. The van der Waals surface area contributed by atoms with E-state index >= 15 is 0 Å². The van der Waals surface area contributed by atoms with Crippen LogP contribution in [0.4, 0.5) is 0 Å². The SMILES string of the molecule is COc1ccc([C@H]2OCC(C)(C)[C@@H](C)O2)cc1OC. The molecular weight excluding hydrogens is 244 g/mol. The van der Waals surface area contributed by atoms with E-state index in [1.165, 1.54) is 0 Å². The fourth-order valence-electron chi connectivity index (χ4n) is 1.99. The van der Waals surface area contributed by atoms with Crippen LogP contribution < -0.4 is 9.47 Å². The van der Waals surface area contributed by atoms with Crippen LogP contribution in [0.3, 0.4) is 0 Å². The average Bonchev–Trinajstić information content (AvgIpc) is 2.41. The van der Waals surface area contributed by atoms with E-state index in [0.717, 1.165) is 5.56 Å². The smallest absolute Gasteiger partial charge is 0.184 e. The maximum atomic E-state index is 5.94. The van der Waals surface area contributed by atoms with Crippen molar-refractivity contribution < 1.29 is 18.9 Å². The average molecular weight is 266 g/mol. The fourth-order valence-corrected chi connectivity index (χ4v) is 1.99. The molecule has 0 radical (unpaired) electrons. The van der Waals surface area contributed by atoms with E-state index in [1.807, 2.05) is 18.2 Å². The molecule has 1 fully saturated rings. The molecule has 1 aromatic rings. The van der Waals surface area contributed by atoms with Gasteiger partial charge in [0.2, 0.25) is 0 Å². The largest absolute Gasteiger partial charge is 0.493 e. The van der Waals surface area contributed by atoms with Crippen molar-refractivity contribution in [3.8, 4) is 11.5 Å². The van der Waals surface area contributed by atoms with Gasteiger partial charge in [0.25, 0.3) is 0 Å². The van der Waals surface area contributed by atoms with Crippen molar-refractivity contribution in [3.05, 3.63) is 23.8 Å². The Labute approximate surface area is 114 Å². The third kappa shape index (κ3) is 2.85. The molecule has 4 heteroatoms. The van der Waals surface area contributed by atoms with Gasteiger partial charge >= 0.3 is 0 Å². The molecule has 0 amide bonds. The highest BCUT2D eigenvalue weighted by Gasteiger charge is 2.36. The lowest BCUT2D eigenvalue weighted by Crippen LogP contribution is -2.40. The van der Waals surface area contributed by atoms with E-state index in [0.29, 0.717) is 18.1 Å². The summed E-state index contributed by atoms with van der Waals surface area (Å²) in [6.45, 7) is 7.04. The third-order valence-corrected chi connectivity index (χ3v) is 3.71. The van der Waals surface area contributed by atoms with Crippen LogP contribution in [0.2, 0.25) is 0 Å². The lowest BCUT2D eigenvalue weighted by molar-refractivity contribution is -0.259. The van der Waals surface area contributed by atoms with Crippen molar-refractivity contribution in [2.45, 2.75) is 33.2 Å². The van der Waals surface area contributed by atoms with Crippen molar-refractivity contribution in [2.75, 3.05) is 20.8 Å². The quantitative estimate of drug-likeness (QED) is 0.842. The van der Waals surface area contributed by atoms with Gasteiger partial charge < -0.3 is 18.9 Å². The van der Waals surface area contributed by atoms with Gasteiger partial charge in [-0.05, 0) is 19.1 Å². The Morgan fingerprint density at radius 2 is 1.84 bits per heavy atom. The lowest BCUT2D eigenvalue weighted by Gasteiger charge is -2.40. The molecule has 0 N–H and O–H groups in total. The summed E-state index contributed by atoms with van der Waals surface area (Å²) in [6, 6.07) is 5.71. The summed E-state index contributed by atoms with van der Waals surface area (Å²) in [5.41, 5.74) is 0.979. The van der Waals surface area contributed by atoms with Crippen LogP contribution in [0, 0.1) is 5.41 Å². The molecule has 0 aliphatic carbocycles. The van der Waals surface area contributed by atoms with Crippen molar-refractivity contribution in [2.24, 2.45) is 5.41 Å². The maximum Gasteiger partial charge on any atom is 0.184 e.